The van der Waals surface area contributed by atoms with Gasteiger partial charge in [0.25, 0.3) is 0 Å². The average Bonchev–Trinajstić information content (AvgIpc) is 2.54. The lowest BCUT2D eigenvalue weighted by Crippen LogP contribution is -2.34. The molecule has 1 atom stereocenters. The molecule has 17 heavy (non-hydrogen) atoms. The predicted octanol–water partition coefficient (Wildman–Crippen LogP) is 2.19. The molecule has 1 unspecified atom stereocenters. The van der Waals surface area contributed by atoms with Crippen molar-refractivity contribution in [1.82, 2.24) is 5.32 Å². The maximum Gasteiger partial charge on any atom is 0.142 e. The molecule has 94 valence electrons. The smallest absolute Gasteiger partial charge is 0.142 e. The minimum Gasteiger partial charge on any atom is -0.495 e. The summed E-state index contributed by atoms with van der Waals surface area (Å²) in [5, 5.41) is 3.45. The molecule has 1 heterocycles. The van der Waals surface area contributed by atoms with Gasteiger partial charge in [-0.25, -0.2) is 0 Å². The Morgan fingerprint density at radius 2 is 2.18 bits per heavy atom. The monoisotopic (exact) mass is 234 g/mol. The van der Waals surface area contributed by atoms with E-state index < -0.39 is 0 Å². The van der Waals surface area contributed by atoms with Crippen LogP contribution in [0.4, 0.5) is 5.69 Å². The van der Waals surface area contributed by atoms with Gasteiger partial charge in [-0.1, -0.05) is 6.07 Å². The normalized spacial score (nSPS) is 21.1. The number of nitrogens with zero attached hydrogens (tertiary/aromatic N) is 1. The van der Waals surface area contributed by atoms with Crippen molar-refractivity contribution >= 4 is 5.69 Å². The number of hydrogen-bond donors (Lipinski definition) is 1. The van der Waals surface area contributed by atoms with Crippen LogP contribution in [0.25, 0.3) is 0 Å². The molecule has 1 fully saturated rings. The molecule has 3 nitrogen and oxygen atoms in total. The van der Waals surface area contributed by atoms with Crippen LogP contribution in [0.3, 0.4) is 0 Å². The molecule has 2 rings (SSSR count). The highest BCUT2D eigenvalue weighted by Gasteiger charge is 2.19. The van der Waals surface area contributed by atoms with Gasteiger partial charge in [-0.15, -0.1) is 0 Å². The first-order valence-electron chi connectivity index (χ1n) is 6.34. The summed E-state index contributed by atoms with van der Waals surface area (Å²) in [6.07, 6.45) is 1.18. The van der Waals surface area contributed by atoms with E-state index in [4.69, 9.17) is 4.74 Å². The number of nitrogens with one attached hydrogen (secondary N) is 1. The molecule has 0 aliphatic carbocycles. The largest absolute Gasteiger partial charge is 0.495 e. The molecular formula is C14H22N2O. The van der Waals surface area contributed by atoms with Gasteiger partial charge in [-0.2, -0.15) is 0 Å². The van der Waals surface area contributed by atoms with E-state index in [-0.39, 0.29) is 0 Å². The minimum absolute atomic E-state index is 0.556. The van der Waals surface area contributed by atoms with Crippen LogP contribution in [0, 0.1) is 6.92 Å². The van der Waals surface area contributed by atoms with Gasteiger partial charge in [0.1, 0.15) is 5.75 Å². The molecule has 0 spiro atoms. The van der Waals surface area contributed by atoms with Crippen LogP contribution >= 0.6 is 0 Å². The Kier molecular flexibility index (Phi) is 3.89. The molecular weight excluding hydrogens is 212 g/mol. The second-order valence-electron chi connectivity index (χ2n) is 4.76. The fourth-order valence-corrected chi connectivity index (χ4v) is 2.39. The molecule has 1 aliphatic heterocycles. The lowest BCUT2D eigenvalue weighted by atomic mass is 10.1. The van der Waals surface area contributed by atoms with Crippen molar-refractivity contribution < 1.29 is 4.74 Å². The molecule has 0 amide bonds. The Hall–Kier alpha value is -1.22. The van der Waals surface area contributed by atoms with Crippen molar-refractivity contribution in [2.75, 3.05) is 31.6 Å². The molecule has 0 saturated carbocycles. The highest BCUT2D eigenvalue weighted by molar-refractivity contribution is 5.60. The first kappa shape index (κ1) is 12.2. The predicted molar refractivity (Wildman–Crippen MR) is 72.0 cm³/mol. The van der Waals surface area contributed by atoms with Gasteiger partial charge in [0.05, 0.1) is 12.8 Å². The summed E-state index contributed by atoms with van der Waals surface area (Å²) in [7, 11) is 1.74. The summed E-state index contributed by atoms with van der Waals surface area (Å²) in [4.78, 5) is 2.45. The Labute approximate surface area is 104 Å². The van der Waals surface area contributed by atoms with Crippen LogP contribution in [-0.4, -0.2) is 32.8 Å². The van der Waals surface area contributed by atoms with E-state index in [1.54, 1.807) is 7.11 Å². The van der Waals surface area contributed by atoms with Crippen LogP contribution in [0.15, 0.2) is 18.2 Å². The molecule has 1 N–H and O–H groups in total. The number of anilines is 1. The van der Waals surface area contributed by atoms with E-state index in [2.05, 4.69) is 42.3 Å². The maximum atomic E-state index is 5.48. The van der Waals surface area contributed by atoms with Gasteiger partial charge < -0.3 is 15.0 Å². The number of ether oxygens (including phenoxy) is 1. The zero-order valence-electron chi connectivity index (χ0n) is 11.0. The SMILES string of the molecule is COc1ccc(C)cc1N1CCNCCC1C. The van der Waals surface area contributed by atoms with Crippen molar-refractivity contribution in [3.63, 3.8) is 0 Å². The second-order valence-corrected chi connectivity index (χ2v) is 4.76. The molecule has 3 heteroatoms. The van der Waals surface area contributed by atoms with Gasteiger partial charge in [0.15, 0.2) is 0 Å². The van der Waals surface area contributed by atoms with E-state index in [0.717, 1.165) is 25.4 Å². The first-order chi connectivity index (χ1) is 8.22. The minimum atomic E-state index is 0.556. The van der Waals surface area contributed by atoms with Crippen LogP contribution < -0.4 is 15.0 Å². The number of benzene rings is 1. The van der Waals surface area contributed by atoms with Crippen LogP contribution in [0.1, 0.15) is 18.9 Å². The molecule has 1 aromatic carbocycles. The third kappa shape index (κ3) is 2.72. The zero-order valence-corrected chi connectivity index (χ0v) is 11.0. The van der Waals surface area contributed by atoms with Gasteiger partial charge in [-0.05, 0) is 44.5 Å². The lowest BCUT2D eigenvalue weighted by molar-refractivity contribution is 0.413. The van der Waals surface area contributed by atoms with Crippen LogP contribution in [0.5, 0.6) is 5.75 Å². The van der Waals surface area contributed by atoms with Crippen molar-refractivity contribution in [1.29, 1.82) is 0 Å². The van der Waals surface area contributed by atoms with Crippen molar-refractivity contribution in [2.24, 2.45) is 0 Å². The fourth-order valence-electron chi connectivity index (χ4n) is 2.39. The second kappa shape index (κ2) is 5.41. The first-order valence-corrected chi connectivity index (χ1v) is 6.34. The number of hydrogen-bond acceptors (Lipinski definition) is 3. The van der Waals surface area contributed by atoms with Gasteiger partial charge in [-0.3, -0.25) is 0 Å². The summed E-state index contributed by atoms with van der Waals surface area (Å²) >= 11 is 0. The molecule has 1 aromatic rings. The summed E-state index contributed by atoms with van der Waals surface area (Å²) in [5.74, 6) is 0.976. The van der Waals surface area contributed by atoms with E-state index in [1.165, 1.54) is 17.7 Å². The van der Waals surface area contributed by atoms with E-state index in [1.807, 2.05) is 0 Å². The summed E-state index contributed by atoms with van der Waals surface area (Å²) in [5.41, 5.74) is 2.51. The van der Waals surface area contributed by atoms with Gasteiger partial charge >= 0.3 is 0 Å². The number of methoxy groups -OCH3 is 1. The third-order valence-electron chi connectivity index (χ3n) is 3.44. The number of rotatable bonds is 2. The Balaban J connectivity index is 2.32. The molecule has 0 bridgehead atoms. The lowest BCUT2D eigenvalue weighted by Gasteiger charge is -2.30. The molecule has 0 radical (unpaired) electrons. The fraction of sp³-hybridized carbons (Fsp3) is 0.571. The molecule has 1 aliphatic rings. The van der Waals surface area contributed by atoms with E-state index in [9.17, 15) is 0 Å². The van der Waals surface area contributed by atoms with Gasteiger partial charge in [0, 0.05) is 19.1 Å². The summed E-state index contributed by atoms with van der Waals surface area (Å²) < 4.78 is 5.48. The highest BCUT2D eigenvalue weighted by atomic mass is 16.5. The van der Waals surface area contributed by atoms with Crippen LogP contribution in [0.2, 0.25) is 0 Å². The zero-order chi connectivity index (χ0) is 12.3. The maximum absolute atomic E-state index is 5.48. The highest BCUT2D eigenvalue weighted by Crippen LogP contribution is 2.31. The standard InChI is InChI=1S/C14H22N2O/c1-11-4-5-14(17-3)13(10-11)16-9-8-15-7-6-12(16)2/h4-5,10,12,15H,6-9H2,1-3H3. The topological polar surface area (TPSA) is 24.5 Å². The van der Waals surface area contributed by atoms with E-state index >= 15 is 0 Å². The van der Waals surface area contributed by atoms with E-state index in [0.29, 0.717) is 6.04 Å². The van der Waals surface area contributed by atoms with Gasteiger partial charge in [0.2, 0.25) is 0 Å². The van der Waals surface area contributed by atoms with Crippen molar-refractivity contribution in [3.8, 4) is 5.75 Å². The summed E-state index contributed by atoms with van der Waals surface area (Å²) in [6, 6.07) is 6.94. The Bertz CT molecular complexity index is 378. The average molecular weight is 234 g/mol. The van der Waals surface area contributed by atoms with Crippen LogP contribution in [-0.2, 0) is 0 Å². The Morgan fingerprint density at radius 3 is 2.94 bits per heavy atom. The third-order valence-corrected chi connectivity index (χ3v) is 3.44. The molecule has 1 saturated heterocycles. The number of aryl methyl sites for hydroxylation is 1. The Morgan fingerprint density at radius 1 is 1.35 bits per heavy atom. The van der Waals surface area contributed by atoms with Crippen molar-refractivity contribution in [2.45, 2.75) is 26.3 Å². The van der Waals surface area contributed by atoms with Crippen molar-refractivity contribution in [3.05, 3.63) is 23.8 Å². The quantitative estimate of drug-likeness (QED) is 0.849. The molecule has 0 aromatic heterocycles. The summed E-state index contributed by atoms with van der Waals surface area (Å²) in [6.45, 7) is 7.60.